The number of hydrogen-bond donors (Lipinski definition) is 2. The van der Waals surface area contributed by atoms with Gasteiger partial charge in [-0.25, -0.2) is 13.6 Å². The quantitative estimate of drug-likeness (QED) is 0.169. The number of thiocarbonyl (C=S) groups is 1. The molecule has 1 heterocycles. The van der Waals surface area contributed by atoms with Crippen molar-refractivity contribution in [3.8, 4) is 5.75 Å². The van der Waals surface area contributed by atoms with Crippen molar-refractivity contribution in [3.05, 3.63) is 44.3 Å². The van der Waals surface area contributed by atoms with Crippen molar-refractivity contribution in [1.29, 1.82) is 0 Å². The maximum atomic E-state index is 13.2. The van der Waals surface area contributed by atoms with E-state index in [0.29, 0.717) is 17.0 Å². The number of non-ortho nitro benzene ring substituents is 1. The fourth-order valence-corrected chi connectivity index (χ4v) is 4.73. The third-order valence-corrected chi connectivity index (χ3v) is 6.06. The fourth-order valence-electron chi connectivity index (χ4n) is 3.16. The van der Waals surface area contributed by atoms with E-state index in [0.717, 1.165) is 41.5 Å². The van der Waals surface area contributed by atoms with Crippen molar-refractivity contribution in [1.82, 2.24) is 0 Å². The second-order valence-electron chi connectivity index (χ2n) is 6.96. The number of carbonyl (C=O) groups is 1. The van der Waals surface area contributed by atoms with Crippen LogP contribution in [0.2, 0.25) is 0 Å². The van der Waals surface area contributed by atoms with E-state index in [1.807, 2.05) is 0 Å². The van der Waals surface area contributed by atoms with E-state index in [4.69, 9.17) is 17.0 Å². The van der Waals surface area contributed by atoms with Gasteiger partial charge in [-0.3, -0.25) is 10.1 Å². The predicted molar refractivity (Wildman–Crippen MR) is 117 cm³/mol. The van der Waals surface area contributed by atoms with Crippen molar-refractivity contribution in [2.24, 2.45) is 0 Å². The van der Waals surface area contributed by atoms with Crippen LogP contribution in [-0.2, 0) is 17.6 Å². The van der Waals surface area contributed by atoms with Crippen molar-refractivity contribution in [2.45, 2.75) is 31.6 Å². The SMILES string of the molecule is COC(=O)c1c(NC(=S)Nc2cc(OCC(F)(F)C(F)F)cc([N+](=O)[O-])c2)sc2c1CCC2. The van der Waals surface area contributed by atoms with Gasteiger partial charge in [-0.1, -0.05) is 0 Å². The van der Waals surface area contributed by atoms with Gasteiger partial charge >= 0.3 is 18.3 Å². The van der Waals surface area contributed by atoms with Crippen LogP contribution in [-0.4, -0.2) is 42.1 Å². The zero-order valence-corrected chi connectivity index (χ0v) is 18.6. The van der Waals surface area contributed by atoms with E-state index in [1.54, 1.807) is 0 Å². The molecule has 2 aromatic rings. The van der Waals surface area contributed by atoms with Crippen LogP contribution in [0.4, 0.5) is 33.9 Å². The lowest BCUT2D eigenvalue weighted by Crippen LogP contribution is -2.33. The number of carbonyl (C=O) groups excluding carboxylic acids is 1. The van der Waals surface area contributed by atoms with Gasteiger partial charge in [-0.2, -0.15) is 8.78 Å². The number of methoxy groups -OCH3 is 1. The molecule has 1 aliphatic rings. The molecule has 0 atom stereocenters. The Labute approximate surface area is 194 Å². The Bertz CT molecular complexity index is 1090. The number of hydrogen-bond acceptors (Lipinski definition) is 7. The zero-order valence-electron chi connectivity index (χ0n) is 17.0. The molecular formula is C19H17F4N3O5S2. The number of esters is 1. The maximum absolute atomic E-state index is 13.2. The monoisotopic (exact) mass is 507 g/mol. The van der Waals surface area contributed by atoms with E-state index >= 15 is 0 Å². The summed E-state index contributed by atoms with van der Waals surface area (Å²) in [6.07, 6.45) is -1.52. The van der Waals surface area contributed by atoms with Crippen LogP contribution in [0.3, 0.4) is 0 Å². The molecule has 1 aromatic carbocycles. The van der Waals surface area contributed by atoms with Gasteiger partial charge in [-0.15, -0.1) is 11.3 Å². The van der Waals surface area contributed by atoms with Crippen LogP contribution >= 0.6 is 23.6 Å². The number of alkyl halides is 4. The first-order valence-electron chi connectivity index (χ1n) is 9.41. The summed E-state index contributed by atoms with van der Waals surface area (Å²) >= 11 is 6.55. The summed E-state index contributed by atoms with van der Waals surface area (Å²) in [6, 6.07) is 2.97. The molecule has 2 N–H and O–H groups in total. The Hall–Kier alpha value is -3.00. The number of benzene rings is 1. The highest BCUT2D eigenvalue weighted by molar-refractivity contribution is 7.80. The molecule has 8 nitrogen and oxygen atoms in total. The first-order chi connectivity index (χ1) is 15.5. The van der Waals surface area contributed by atoms with Gasteiger partial charge in [0.15, 0.2) is 11.7 Å². The Balaban J connectivity index is 1.79. The summed E-state index contributed by atoms with van der Waals surface area (Å²) in [5.74, 6) is -5.40. The lowest BCUT2D eigenvalue weighted by atomic mass is 10.1. The molecule has 3 rings (SSSR count). The molecular weight excluding hydrogens is 490 g/mol. The molecule has 0 amide bonds. The van der Waals surface area contributed by atoms with E-state index in [2.05, 4.69) is 15.4 Å². The van der Waals surface area contributed by atoms with Crippen molar-refractivity contribution < 1.29 is 36.8 Å². The second kappa shape index (κ2) is 9.87. The van der Waals surface area contributed by atoms with Crippen molar-refractivity contribution in [2.75, 3.05) is 24.4 Å². The molecule has 1 aliphatic carbocycles. The number of thiophene rings is 1. The first-order valence-corrected chi connectivity index (χ1v) is 10.6. The van der Waals surface area contributed by atoms with E-state index in [1.165, 1.54) is 18.4 Å². The molecule has 0 fully saturated rings. The summed E-state index contributed by atoms with van der Waals surface area (Å²) in [5, 5.41) is 17.1. The van der Waals surface area contributed by atoms with Gasteiger partial charge in [0.25, 0.3) is 5.69 Å². The van der Waals surface area contributed by atoms with Crippen molar-refractivity contribution >= 4 is 51.0 Å². The summed E-state index contributed by atoms with van der Waals surface area (Å²) < 4.78 is 60.5. The first kappa shape index (κ1) is 24.6. The van der Waals surface area contributed by atoms with Crippen LogP contribution in [0, 0.1) is 10.1 Å². The van der Waals surface area contributed by atoms with Gasteiger partial charge < -0.3 is 20.1 Å². The summed E-state index contributed by atoms with van der Waals surface area (Å²) in [7, 11) is 1.25. The van der Waals surface area contributed by atoms with Crippen LogP contribution in [0.1, 0.15) is 27.2 Å². The lowest BCUT2D eigenvalue weighted by Gasteiger charge is -2.17. The minimum absolute atomic E-state index is 0.0132. The summed E-state index contributed by atoms with van der Waals surface area (Å²) in [4.78, 5) is 23.6. The average molecular weight is 507 g/mol. The number of rotatable bonds is 8. The molecule has 0 aliphatic heterocycles. The minimum Gasteiger partial charge on any atom is -0.487 e. The fraction of sp³-hybridized carbons (Fsp3) is 0.368. The molecule has 1 aromatic heterocycles. The van der Waals surface area contributed by atoms with Crippen LogP contribution in [0.25, 0.3) is 0 Å². The third kappa shape index (κ3) is 5.68. The Morgan fingerprint density at radius 1 is 1.30 bits per heavy atom. The van der Waals surface area contributed by atoms with Gasteiger partial charge in [0.1, 0.15) is 10.8 Å². The van der Waals surface area contributed by atoms with Crippen LogP contribution < -0.4 is 15.4 Å². The number of ether oxygens (including phenoxy) is 2. The molecule has 178 valence electrons. The number of nitrogens with one attached hydrogen (secondary N) is 2. The van der Waals surface area contributed by atoms with Gasteiger partial charge in [0, 0.05) is 17.0 Å². The highest BCUT2D eigenvalue weighted by atomic mass is 32.1. The lowest BCUT2D eigenvalue weighted by molar-refractivity contribution is -0.384. The molecule has 0 saturated heterocycles. The minimum atomic E-state index is -4.43. The standard InChI is InChI=1S/C19H17F4N3O5S2/c1-30-16(27)14-12-3-2-4-13(12)33-15(14)25-18(32)24-9-5-10(26(28)29)7-11(6-9)31-8-19(22,23)17(20)21/h5-7,17H,2-4,8H2,1H3,(H2,24,25,32). The number of fused-ring (bicyclic) bond motifs is 1. The molecule has 0 unspecified atom stereocenters. The number of halogens is 4. The largest absolute Gasteiger partial charge is 0.487 e. The summed E-state index contributed by atoms with van der Waals surface area (Å²) in [6.45, 7) is -1.67. The average Bonchev–Trinajstić information content (AvgIpc) is 3.32. The second-order valence-corrected chi connectivity index (χ2v) is 8.47. The highest BCUT2D eigenvalue weighted by Crippen LogP contribution is 2.39. The number of nitrogens with zero attached hydrogens (tertiary/aromatic N) is 1. The molecule has 0 radical (unpaired) electrons. The number of nitro groups is 1. The predicted octanol–water partition coefficient (Wildman–Crippen LogP) is 5.02. The highest BCUT2D eigenvalue weighted by Gasteiger charge is 2.41. The van der Waals surface area contributed by atoms with E-state index in [-0.39, 0.29) is 10.8 Å². The number of nitro benzene ring substituents is 1. The topological polar surface area (TPSA) is 103 Å². The van der Waals surface area contributed by atoms with Gasteiger partial charge in [-0.05, 0) is 37.0 Å². The maximum Gasteiger partial charge on any atom is 0.341 e. The number of aryl methyl sites for hydroxylation is 1. The smallest absolute Gasteiger partial charge is 0.341 e. The normalized spacial score (nSPS) is 12.9. The Kier molecular flexibility index (Phi) is 7.37. The van der Waals surface area contributed by atoms with Crippen LogP contribution in [0.5, 0.6) is 5.75 Å². The number of anilines is 2. The summed E-state index contributed by atoms with van der Waals surface area (Å²) in [5.41, 5.74) is 0.684. The molecule has 0 bridgehead atoms. The van der Waals surface area contributed by atoms with Crippen LogP contribution in [0.15, 0.2) is 18.2 Å². The molecule has 33 heavy (non-hydrogen) atoms. The zero-order chi connectivity index (χ0) is 24.3. The van der Waals surface area contributed by atoms with Crippen molar-refractivity contribution in [3.63, 3.8) is 0 Å². The van der Waals surface area contributed by atoms with Gasteiger partial charge in [0.05, 0.1) is 29.4 Å². The molecule has 0 saturated carbocycles. The Morgan fingerprint density at radius 3 is 2.67 bits per heavy atom. The van der Waals surface area contributed by atoms with E-state index in [9.17, 15) is 32.5 Å². The van der Waals surface area contributed by atoms with Gasteiger partial charge in [0.2, 0.25) is 0 Å². The molecule has 14 heteroatoms. The van der Waals surface area contributed by atoms with E-state index < -0.39 is 41.3 Å². The third-order valence-electron chi connectivity index (χ3n) is 4.65. The Morgan fingerprint density at radius 2 is 2.03 bits per heavy atom. The molecule has 0 spiro atoms.